The summed E-state index contributed by atoms with van der Waals surface area (Å²) in [6.07, 6.45) is -11.3. The SMILES string of the molecule is C=C(C(=O)OC)C1CCC2(C)C(OC(=O)C(O)Cc3ccc(O)cc3)CCC(O)(COC3OC(CO)C(O)C(O)C3O)C2C1O. The molecule has 0 bridgehead atoms. The average Bonchev–Trinajstić information content (AvgIpc) is 3.01. The largest absolute Gasteiger partial charge is 0.508 e. The van der Waals surface area contributed by atoms with Crippen LogP contribution in [0.25, 0.3) is 0 Å². The number of hydrogen-bond donors (Lipinski definition) is 8. The number of phenols is 1. The molecule has 1 aromatic carbocycles. The summed E-state index contributed by atoms with van der Waals surface area (Å²) in [5.74, 6) is -3.55. The summed E-state index contributed by atoms with van der Waals surface area (Å²) in [6.45, 7) is 4.29. The van der Waals surface area contributed by atoms with Crippen LogP contribution >= 0.6 is 0 Å². The Morgan fingerprint density at radius 2 is 1.71 bits per heavy atom. The van der Waals surface area contributed by atoms with Gasteiger partial charge in [0.1, 0.15) is 36.3 Å². The minimum Gasteiger partial charge on any atom is -0.508 e. The molecule has 2 saturated carbocycles. The molecule has 2 aliphatic carbocycles. The Kier molecular flexibility index (Phi) is 10.9. The number of benzene rings is 1. The fraction of sp³-hybridized carbons (Fsp3) is 0.677. The van der Waals surface area contributed by atoms with Crippen molar-refractivity contribution in [1.29, 1.82) is 0 Å². The fourth-order valence-corrected chi connectivity index (χ4v) is 7.18. The van der Waals surface area contributed by atoms with E-state index in [1.165, 1.54) is 19.2 Å². The van der Waals surface area contributed by atoms with E-state index in [2.05, 4.69) is 6.58 Å². The van der Waals surface area contributed by atoms with Crippen LogP contribution in [0, 0.1) is 17.3 Å². The van der Waals surface area contributed by atoms with Gasteiger partial charge in [-0.2, -0.15) is 0 Å². The van der Waals surface area contributed by atoms with Crippen LogP contribution in [0.5, 0.6) is 5.75 Å². The molecule has 14 heteroatoms. The molecule has 252 valence electrons. The van der Waals surface area contributed by atoms with Crippen molar-refractivity contribution in [2.24, 2.45) is 17.3 Å². The number of carbonyl (C=O) groups is 2. The predicted octanol–water partition coefficient (Wildman–Crippen LogP) is -1.33. The van der Waals surface area contributed by atoms with E-state index in [0.29, 0.717) is 5.56 Å². The van der Waals surface area contributed by atoms with Gasteiger partial charge in [0.05, 0.1) is 32.0 Å². The Labute approximate surface area is 260 Å². The number of rotatable bonds is 10. The maximum Gasteiger partial charge on any atom is 0.335 e. The fourth-order valence-electron chi connectivity index (χ4n) is 7.18. The third-order valence-electron chi connectivity index (χ3n) is 9.75. The van der Waals surface area contributed by atoms with Gasteiger partial charge >= 0.3 is 11.9 Å². The normalized spacial score (nSPS) is 38.9. The molecule has 3 fully saturated rings. The summed E-state index contributed by atoms with van der Waals surface area (Å²) in [7, 11) is 1.18. The molecule has 1 heterocycles. The van der Waals surface area contributed by atoms with Crippen molar-refractivity contribution in [3.8, 4) is 5.75 Å². The number of phenolic OH excluding ortho intramolecular Hbond substituents is 1. The molecule has 3 aliphatic rings. The summed E-state index contributed by atoms with van der Waals surface area (Å²) in [5, 5.41) is 84.2. The number of fused-ring (bicyclic) bond motifs is 1. The quantitative estimate of drug-likeness (QED) is 0.109. The molecule has 45 heavy (non-hydrogen) atoms. The topological polar surface area (TPSA) is 233 Å². The standard InChI is InChI=1S/C31H44O14/c1-15(27(39)42-3)18-8-10-30(2)21(45-28(40)19(34)12-16-4-6-17(33)7-5-16)9-11-31(41,26(30)22(18)35)14-43-29-25(38)24(37)23(36)20(13-32)44-29/h4-7,18-26,29,32-38,41H,1,8-14H2,2-3H3. The lowest BCUT2D eigenvalue weighted by atomic mass is 9.50. The average molecular weight is 641 g/mol. The lowest BCUT2D eigenvalue weighted by Gasteiger charge is -2.59. The van der Waals surface area contributed by atoms with Gasteiger partial charge in [-0.1, -0.05) is 25.6 Å². The molecular formula is C31H44O14. The van der Waals surface area contributed by atoms with Crippen LogP contribution in [0.3, 0.4) is 0 Å². The lowest BCUT2D eigenvalue weighted by molar-refractivity contribution is -0.319. The van der Waals surface area contributed by atoms with Gasteiger partial charge in [0, 0.05) is 29.2 Å². The molecule has 14 nitrogen and oxygen atoms in total. The van der Waals surface area contributed by atoms with Crippen molar-refractivity contribution in [2.45, 2.75) is 93.6 Å². The number of hydrogen-bond acceptors (Lipinski definition) is 14. The van der Waals surface area contributed by atoms with Crippen LogP contribution in [-0.4, -0.2) is 128 Å². The van der Waals surface area contributed by atoms with Gasteiger partial charge in [-0.3, -0.25) is 0 Å². The van der Waals surface area contributed by atoms with E-state index in [1.54, 1.807) is 19.1 Å². The number of esters is 2. The van der Waals surface area contributed by atoms with Crippen molar-refractivity contribution < 1.29 is 69.4 Å². The second-order valence-corrected chi connectivity index (χ2v) is 12.6. The van der Waals surface area contributed by atoms with Crippen molar-refractivity contribution in [1.82, 2.24) is 0 Å². The lowest BCUT2D eigenvalue weighted by Crippen LogP contribution is -2.67. The van der Waals surface area contributed by atoms with Crippen LogP contribution in [0.15, 0.2) is 36.4 Å². The highest BCUT2D eigenvalue weighted by Gasteiger charge is 2.63. The summed E-state index contributed by atoms with van der Waals surface area (Å²) in [4.78, 5) is 25.4. The summed E-state index contributed by atoms with van der Waals surface area (Å²) >= 11 is 0. The molecule has 4 rings (SSSR count). The first-order chi connectivity index (χ1) is 21.2. The van der Waals surface area contributed by atoms with Crippen LogP contribution < -0.4 is 0 Å². The van der Waals surface area contributed by atoms with E-state index >= 15 is 0 Å². The van der Waals surface area contributed by atoms with Crippen molar-refractivity contribution >= 4 is 11.9 Å². The Bertz CT molecular complexity index is 1210. The van der Waals surface area contributed by atoms with Crippen LogP contribution in [-0.2, 0) is 35.0 Å². The van der Waals surface area contributed by atoms with Crippen molar-refractivity contribution in [2.75, 3.05) is 20.3 Å². The minimum absolute atomic E-state index is 0.00677. The molecule has 12 unspecified atom stereocenters. The van der Waals surface area contributed by atoms with Gasteiger partial charge < -0.3 is 59.8 Å². The molecule has 1 aliphatic heterocycles. The van der Waals surface area contributed by atoms with Crippen LogP contribution in [0.1, 0.15) is 38.2 Å². The minimum atomic E-state index is -1.85. The maximum absolute atomic E-state index is 13.1. The highest BCUT2D eigenvalue weighted by atomic mass is 16.7. The molecule has 0 radical (unpaired) electrons. The smallest absolute Gasteiger partial charge is 0.335 e. The number of aromatic hydroxyl groups is 1. The van der Waals surface area contributed by atoms with Gasteiger partial charge in [-0.15, -0.1) is 0 Å². The van der Waals surface area contributed by atoms with Gasteiger partial charge in [-0.25, -0.2) is 9.59 Å². The van der Waals surface area contributed by atoms with Crippen molar-refractivity contribution in [3.63, 3.8) is 0 Å². The highest BCUT2D eigenvalue weighted by Crippen LogP contribution is 2.57. The van der Waals surface area contributed by atoms with E-state index in [1.807, 2.05) is 0 Å². The third kappa shape index (κ3) is 7.04. The number of aliphatic hydroxyl groups is 7. The monoisotopic (exact) mass is 640 g/mol. The number of carbonyl (C=O) groups excluding carboxylic acids is 2. The summed E-state index contributed by atoms with van der Waals surface area (Å²) < 4.78 is 21.8. The zero-order chi connectivity index (χ0) is 33.3. The van der Waals surface area contributed by atoms with E-state index in [-0.39, 0.29) is 43.4 Å². The molecule has 8 N–H and O–H groups in total. The second kappa shape index (κ2) is 14.0. The highest BCUT2D eigenvalue weighted by molar-refractivity contribution is 5.88. The van der Waals surface area contributed by atoms with Gasteiger partial charge in [0.2, 0.25) is 0 Å². The molecule has 0 aromatic heterocycles. The maximum atomic E-state index is 13.1. The van der Waals surface area contributed by atoms with E-state index in [0.717, 1.165) is 0 Å². The summed E-state index contributed by atoms with van der Waals surface area (Å²) in [5.41, 5.74) is -2.38. The zero-order valence-corrected chi connectivity index (χ0v) is 25.3. The first-order valence-corrected chi connectivity index (χ1v) is 14.9. The number of aliphatic hydroxyl groups excluding tert-OH is 6. The predicted molar refractivity (Wildman–Crippen MR) is 153 cm³/mol. The van der Waals surface area contributed by atoms with Crippen LogP contribution in [0.4, 0.5) is 0 Å². The number of ether oxygens (including phenoxy) is 4. The second-order valence-electron chi connectivity index (χ2n) is 12.6. The Morgan fingerprint density at radius 3 is 2.33 bits per heavy atom. The Morgan fingerprint density at radius 1 is 1.04 bits per heavy atom. The Hall–Kier alpha value is -2.66. The van der Waals surface area contributed by atoms with Gasteiger partial charge in [0.15, 0.2) is 12.4 Å². The number of methoxy groups -OCH3 is 1. The molecule has 0 spiro atoms. The molecule has 1 saturated heterocycles. The summed E-state index contributed by atoms with van der Waals surface area (Å²) in [6, 6.07) is 5.97. The molecule has 0 amide bonds. The molecule has 1 aromatic rings. The Balaban J connectivity index is 1.57. The third-order valence-corrected chi connectivity index (χ3v) is 9.75. The van der Waals surface area contributed by atoms with E-state index in [9.17, 15) is 50.4 Å². The zero-order valence-electron chi connectivity index (χ0n) is 25.3. The first-order valence-electron chi connectivity index (χ1n) is 14.9. The van der Waals surface area contributed by atoms with Crippen molar-refractivity contribution in [3.05, 3.63) is 42.0 Å². The van der Waals surface area contributed by atoms with Gasteiger partial charge in [0.25, 0.3) is 0 Å². The molecule has 12 atom stereocenters. The van der Waals surface area contributed by atoms with E-state index in [4.69, 9.17) is 18.9 Å². The molecular weight excluding hydrogens is 596 g/mol. The van der Waals surface area contributed by atoms with E-state index < -0.39 is 97.0 Å². The van der Waals surface area contributed by atoms with Crippen LogP contribution in [0.2, 0.25) is 0 Å². The first kappa shape index (κ1) is 35.2. The van der Waals surface area contributed by atoms with Gasteiger partial charge in [-0.05, 0) is 43.4 Å².